The van der Waals surface area contributed by atoms with Crippen LogP contribution in [-0.4, -0.2) is 25.0 Å². The number of benzene rings is 2. The summed E-state index contributed by atoms with van der Waals surface area (Å²) in [5, 5.41) is 6.45. The van der Waals surface area contributed by atoms with Gasteiger partial charge in [0.25, 0.3) is 0 Å². The van der Waals surface area contributed by atoms with Gasteiger partial charge in [-0.1, -0.05) is 42.5 Å². The predicted molar refractivity (Wildman–Crippen MR) is 116 cm³/mol. The standard InChI is InChI=1S/C20H25N3O2.HI/c1-15(2)23-20(21-3)22-13-17-10-7-11-18(12-17)19(24)25-14-16-8-5-4-6-9-16;/h4-12,15H,13-14H2,1-3H3,(H2,21,22,23);1H. The van der Waals surface area contributed by atoms with Crippen LogP contribution in [0.15, 0.2) is 59.6 Å². The van der Waals surface area contributed by atoms with Gasteiger partial charge in [-0.3, -0.25) is 4.99 Å². The third-order valence-corrected chi connectivity index (χ3v) is 3.48. The first kappa shape index (κ1) is 22.0. The van der Waals surface area contributed by atoms with Gasteiger partial charge in [-0.15, -0.1) is 24.0 Å². The number of hydrogen-bond donors (Lipinski definition) is 2. The van der Waals surface area contributed by atoms with Crippen LogP contribution >= 0.6 is 24.0 Å². The van der Waals surface area contributed by atoms with Crippen molar-refractivity contribution in [1.82, 2.24) is 10.6 Å². The Bertz CT molecular complexity index is 718. The Hall–Kier alpha value is -2.09. The lowest BCUT2D eigenvalue weighted by Crippen LogP contribution is -2.40. The lowest BCUT2D eigenvalue weighted by atomic mass is 10.1. The number of nitrogens with one attached hydrogen (secondary N) is 2. The van der Waals surface area contributed by atoms with Crippen molar-refractivity contribution in [3.05, 3.63) is 71.3 Å². The van der Waals surface area contributed by atoms with Crippen LogP contribution in [0.2, 0.25) is 0 Å². The molecule has 0 unspecified atom stereocenters. The topological polar surface area (TPSA) is 62.7 Å². The van der Waals surface area contributed by atoms with E-state index in [9.17, 15) is 4.79 Å². The molecular weight excluding hydrogens is 441 g/mol. The number of ether oxygens (including phenoxy) is 1. The maximum absolute atomic E-state index is 12.2. The van der Waals surface area contributed by atoms with Gasteiger partial charge in [0.05, 0.1) is 5.56 Å². The SMILES string of the molecule is CN=C(NCc1cccc(C(=O)OCc2ccccc2)c1)NC(C)C.I. The molecule has 0 radical (unpaired) electrons. The Balaban J connectivity index is 0.00000338. The van der Waals surface area contributed by atoms with Crippen molar-refractivity contribution in [3.8, 4) is 0 Å². The van der Waals surface area contributed by atoms with E-state index in [0.29, 0.717) is 18.2 Å². The summed E-state index contributed by atoms with van der Waals surface area (Å²) in [6, 6.07) is 17.4. The molecule has 0 aliphatic carbocycles. The molecule has 0 aliphatic rings. The monoisotopic (exact) mass is 467 g/mol. The van der Waals surface area contributed by atoms with Gasteiger partial charge in [0.2, 0.25) is 0 Å². The average molecular weight is 467 g/mol. The van der Waals surface area contributed by atoms with Crippen LogP contribution < -0.4 is 10.6 Å². The first-order valence-corrected chi connectivity index (χ1v) is 8.35. The molecule has 0 amide bonds. The molecule has 0 bridgehead atoms. The quantitative estimate of drug-likeness (QED) is 0.294. The van der Waals surface area contributed by atoms with Crippen LogP contribution in [0, 0.1) is 0 Å². The van der Waals surface area contributed by atoms with Crippen molar-refractivity contribution in [2.75, 3.05) is 7.05 Å². The van der Waals surface area contributed by atoms with Crippen LogP contribution in [0.25, 0.3) is 0 Å². The summed E-state index contributed by atoms with van der Waals surface area (Å²) >= 11 is 0. The lowest BCUT2D eigenvalue weighted by molar-refractivity contribution is 0.0472. The third-order valence-electron chi connectivity index (χ3n) is 3.48. The van der Waals surface area contributed by atoms with Gasteiger partial charge in [0.1, 0.15) is 6.61 Å². The Morgan fingerprint density at radius 1 is 1.08 bits per heavy atom. The molecule has 140 valence electrons. The van der Waals surface area contributed by atoms with E-state index < -0.39 is 0 Å². The normalized spacial score (nSPS) is 10.8. The molecule has 0 aromatic heterocycles. The van der Waals surface area contributed by atoms with E-state index >= 15 is 0 Å². The van der Waals surface area contributed by atoms with Gasteiger partial charge in [0.15, 0.2) is 5.96 Å². The molecule has 0 saturated heterocycles. The van der Waals surface area contributed by atoms with Crippen LogP contribution in [0.3, 0.4) is 0 Å². The second kappa shape index (κ2) is 11.5. The summed E-state index contributed by atoms with van der Waals surface area (Å²) < 4.78 is 5.37. The van der Waals surface area contributed by atoms with Crippen molar-refractivity contribution in [2.45, 2.75) is 33.0 Å². The fourth-order valence-electron chi connectivity index (χ4n) is 2.27. The van der Waals surface area contributed by atoms with Crippen molar-refractivity contribution >= 4 is 35.9 Å². The van der Waals surface area contributed by atoms with Gasteiger partial charge < -0.3 is 15.4 Å². The molecule has 0 heterocycles. The van der Waals surface area contributed by atoms with Gasteiger partial charge in [-0.05, 0) is 37.1 Å². The van der Waals surface area contributed by atoms with Gasteiger partial charge in [-0.2, -0.15) is 0 Å². The first-order valence-electron chi connectivity index (χ1n) is 8.35. The Kier molecular flexibility index (Phi) is 9.72. The molecule has 2 aromatic carbocycles. The molecule has 6 heteroatoms. The highest BCUT2D eigenvalue weighted by molar-refractivity contribution is 14.0. The maximum Gasteiger partial charge on any atom is 0.338 e. The number of esters is 1. The predicted octanol–water partition coefficient (Wildman–Crippen LogP) is 3.74. The minimum atomic E-state index is -0.324. The number of nitrogens with zero attached hydrogens (tertiary/aromatic N) is 1. The number of guanidine groups is 1. The van der Waals surface area contributed by atoms with E-state index in [-0.39, 0.29) is 36.6 Å². The minimum absolute atomic E-state index is 0. The minimum Gasteiger partial charge on any atom is -0.457 e. The van der Waals surface area contributed by atoms with E-state index in [4.69, 9.17) is 4.74 Å². The lowest BCUT2D eigenvalue weighted by Gasteiger charge is -2.14. The summed E-state index contributed by atoms with van der Waals surface area (Å²) in [4.78, 5) is 16.4. The molecule has 26 heavy (non-hydrogen) atoms. The highest BCUT2D eigenvalue weighted by Gasteiger charge is 2.08. The summed E-state index contributed by atoms with van der Waals surface area (Å²) in [5.74, 6) is 0.405. The number of carbonyl (C=O) groups excluding carboxylic acids is 1. The molecule has 0 aliphatic heterocycles. The van der Waals surface area contributed by atoms with Gasteiger partial charge >= 0.3 is 5.97 Å². The van der Waals surface area contributed by atoms with E-state index in [0.717, 1.165) is 17.1 Å². The molecule has 0 atom stereocenters. The summed E-state index contributed by atoms with van der Waals surface area (Å²) in [6.45, 7) is 4.95. The number of carbonyl (C=O) groups is 1. The van der Waals surface area contributed by atoms with Crippen LogP contribution in [0.4, 0.5) is 0 Å². The van der Waals surface area contributed by atoms with Crippen molar-refractivity contribution in [3.63, 3.8) is 0 Å². The molecule has 2 aromatic rings. The molecule has 0 spiro atoms. The van der Waals surface area contributed by atoms with Gasteiger partial charge in [-0.25, -0.2) is 4.79 Å². The molecule has 0 fully saturated rings. The van der Waals surface area contributed by atoms with Crippen molar-refractivity contribution in [1.29, 1.82) is 0 Å². The van der Waals surface area contributed by atoms with E-state index in [1.807, 2.05) is 48.5 Å². The zero-order valence-corrected chi connectivity index (χ0v) is 17.7. The number of aliphatic imine (C=N–C) groups is 1. The Labute approximate surface area is 172 Å². The number of rotatable bonds is 6. The van der Waals surface area contributed by atoms with Crippen molar-refractivity contribution < 1.29 is 9.53 Å². The molecule has 2 N–H and O–H groups in total. The molecule has 0 saturated carbocycles. The van der Waals surface area contributed by atoms with Crippen LogP contribution in [0.5, 0.6) is 0 Å². The van der Waals surface area contributed by atoms with Crippen molar-refractivity contribution in [2.24, 2.45) is 4.99 Å². The first-order chi connectivity index (χ1) is 12.1. The Morgan fingerprint density at radius 3 is 2.42 bits per heavy atom. The van der Waals surface area contributed by atoms with Crippen LogP contribution in [-0.2, 0) is 17.9 Å². The third kappa shape index (κ3) is 7.43. The number of halogens is 1. The maximum atomic E-state index is 12.2. The highest BCUT2D eigenvalue weighted by atomic mass is 127. The Morgan fingerprint density at radius 2 is 1.77 bits per heavy atom. The van der Waals surface area contributed by atoms with E-state index in [1.54, 1.807) is 13.1 Å². The zero-order chi connectivity index (χ0) is 18.1. The molecular formula is C20H26IN3O2. The summed E-state index contributed by atoms with van der Waals surface area (Å²) in [5.41, 5.74) is 2.50. The van der Waals surface area contributed by atoms with Crippen LogP contribution in [0.1, 0.15) is 35.3 Å². The van der Waals surface area contributed by atoms with Gasteiger partial charge in [0, 0.05) is 19.6 Å². The summed E-state index contributed by atoms with van der Waals surface area (Å²) in [7, 11) is 1.73. The fraction of sp³-hybridized carbons (Fsp3) is 0.300. The largest absolute Gasteiger partial charge is 0.457 e. The fourth-order valence-corrected chi connectivity index (χ4v) is 2.27. The zero-order valence-electron chi connectivity index (χ0n) is 15.4. The highest BCUT2D eigenvalue weighted by Crippen LogP contribution is 2.09. The second-order valence-electron chi connectivity index (χ2n) is 5.99. The summed E-state index contributed by atoms with van der Waals surface area (Å²) in [6.07, 6.45) is 0. The average Bonchev–Trinajstić information content (AvgIpc) is 2.64. The number of hydrogen-bond acceptors (Lipinski definition) is 3. The van der Waals surface area contributed by atoms with E-state index in [2.05, 4.69) is 29.5 Å². The molecule has 2 rings (SSSR count). The smallest absolute Gasteiger partial charge is 0.338 e. The molecule has 5 nitrogen and oxygen atoms in total. The second-order valence-corrected chi connectivity index (χ2v) is 5.99. The van der Waals surface area contributed by atoms with E-state index in [1.165, 1.54) is 0 Å².